The van der Waals surface area contributed by atoms with Crippen LogP contribution in [-0.2, 0) is 30.9 Å². The van der Waals surface area contributed by atoms with E-state index in [9.17, 15) is 19.5 Å². The number of nitrogens with zero attached hydrogens (tertiary/aromatic N) is 2. The van der Waals surface area contributed by atoms with E-state index >= 15 is 0 Å². The molecule has 0 saturated heterocycles. The summed E-state index contributed by atoms with van der Waals surface area (Å²) in [7, 11) is 0. The minimum Gasteiger partial charge on any atom is -0.465 e. The monoisotopic (exact) mass is 622 g/mol. The summed E-state index contributed by atoms with van der Waals surface area (Å²) < 4.78 is 13.0. The summed E-state index contributed by atoms with van der Waals surface area (Å²) in [6.45, 7) is 19.5. The molecule has 5 aliphatic rings. The number of aliphatic hydroxyl groups is 1. The van der Waals surface area contributed by atoms with E-state index in [2.05, 4.69) is 41.2 Å². The predicted octanol–water partition coefficient (Wildman–Crippen LogP) is 6.29. The maximum absolute atomic E-state index is 13.8. The van der Waals surface area contributed by atoms with Gasteiger partial charge in [0.1, 0.15) is 13.2 Å². The Balaban J connectivity index is 1.41. The van der Waals surface area contributed by atoms with Crippen LogP contribution in [-0.4, -0.2) is 52.6 Å². The summed E-state index contributed by atoms with van der Waals surface area (Å²) in [6.07, 6.45) is 10.6. The highest BCUT2D eigenvalue weighted by molar-refractivity contribution is 5.78. The first kappa shape index (κ1) is 32.5. The molecule has 0 bridgehead atoms. The highest BCUT2D eigenvalue weighted by atomic mass is 16.5. The van der Waals surface area contributed by atoms with Crippen molar-refractivity contribution in [3.63, 3.8) is 0 Å². The molecule has 0 radical (unpaired) electrons. The quantitative estimate of drug-likeness (QED) is 0.293. The van der Waals surface area contributed by atoms with Crippen LogP contribution in [0.4, 0.5) is 0 Å². The lowest BCUT2D eigenvalue weighted by Gasteiger charge is -2.72. The van der Waals surface area contributed by atoms with Crippen molar-refractivity contribution in [3.8, 4) is 0 Å². The van der Waals surface area contributed by atoms with E-state index in [1.807, 2.05) is 6.20 Å². The Kier molecular flexibility index (Phi) is 7.78. The third kappa shape index (κ3) is 4.39. The molecule has 0 aliphatic heterocycles. The van der Waals surface area contributed by atoms with E-state index in [0.717, 1.165) is 69.0 Å². The van der Waals surface area contributed by atoms with Gasteiger partial charge in [-0.05, 0) is 116 Å². The number of rotatable bonds is 6. The molecule has 6 rings (SSSR count). The first-order valence-electron chi connectivity index (χ1n) is 17.3. The van der Waals surface area contributed by atoms with Crippen LogP contribution in [0.5, 0.6) is 0 Å². The second-order valence-electron chi connectivity index (χ2n) is 16.5. The van der Waals surface area contributed by atoms with Gasteiger partial charge in [-0.3, -0.25) is 14.4 Å². The molecule has 0 spiro atoms. The fourth-order valence-electron chi connectivity index (χ4n) is 12.6. The Labute approximate surface area is 268 Å². The molecule has 1 N–H and O–H groups in total. The van der Waals surface area contributed by atoms with Crippen LogP contribution < -0.4 is 0 Å². The van der Waals surface area contributed by atoms with Crippen molar-refractivity contribution < 1.29 is 29.0 Å². The van der Waals surface area contributed by atoms with Crippen LogP contribution in [0.1, 0.15) is 116 Å². The third-order valence-electron chi connectivity index (χ3n) is 14.6. The van der Waals surface area contributed by atoms with Crippen molar-refractivity contribution in [1.82, 2.24) is 9.78 Å². The standard InChI is InChI=1S/C37H54N2O6/c1-22(2)26-11-14-37(32(43)44-18-17-40)16-15-35(7)27(30(26)37)9-10-29-33(5)19-25-20-39(23(3)41)38-31(25)34(6,21-45-24(4)42)28(33)12-13-36(29,35)8/h20,26-30,40H,1,9-19,21H2,2-8H3/t26-,27+,28+,29+,30+,33-,34-,35+,36+,37-/m0/s1. The van der Waals surface area contributed by atoms with Crippen LogP contribution in [0.25, 0.3) is 0 Å². The van der Waals surface area contributed by atoms with E-state index in [1.165, 1.54) is 17.2 Å². The molecular weight excluding hydrogens is 568 g/mol. The topological polar surface area (TPSA) is 108 Å². The Hall–Kier alpha value is -2.48. The van der Waals surface area contributed by atoms with Gasteiger partial charge in [-0.2, -0.15) is 5.10 Å². The number of esters is 2. The van der Waals surface area contributed by atoms with Crippen LogP contribution in [0.15, 0.2) is 18.3 Å². The Morgan fingerprint density at radius 3 is 2.33 bits per heavy atom. The number of aliphatic hydroxyl groups excluding tert-OH is 1. The number of carbonyl (C=O) groups excluding carboxylic acids is 3. The van der Waals surface area contributed by atoms with E-state index in [-0.39, 0.29) is 65.7 Å². The SMILES string of the molecule is C=C(C)[C@@H]1CC[C@]2(C(=O)OCCO)CC[C@]3(C)[C@H](CC[C@@H]4[C@@]5(C)Cc6cn(C(C)=O)nc6[C@@](C)(COC(C)=O)[C@@H]5CC[C@]43C)[C@@H]12. The van der Waals surface area contributed by atoms with Crippen molar-refractivity contribution in [1.29, 1.82) is 0 Å². The van der Waals surface area contributed by atoms with E-state index in [4.69, 9.17) is 14.6 Å². The summed E-state index contributed by atoms with van der Waals surface area (Å²) in [5, 5.41) is 14.3. The van der Waals surface area contributed by atoms with Gasteiger partial charge in [0.2, 0.25) is 5.91 Å². The summed E-state index contributed by atoms with van der Waals surface area (Å²) in [5.74, 6) is 1.03. The lowest BCUT2D eigenvalue weighted by atomic mass is 9.32. The molecule has 10 atom stereocenters. The summed E-state index contributed by atoms with van der Waals surface area (Å²) in [6, 6.07) is 0. The van der Waals surface area contributed by atoms with Crippen molar-refractivity contribution in [2.45, 2.75) is 112 Å². The zero-order chi connectivity index (χ0) is 32.7. The number of allylic oxidation sites excluding steroid dienone is 1. The summed E-state index contributed by atoms with van der Waals surface area (Å²) in [5.41, 5.74) is 2.18. The maximum atomic E-state index is 13.8. The van der Waals surface area contributed by atoms with Gasteiger partial charge < -0.3 is 14.6 Å². The van der Waals surface area contributed by atoms with Gasteiger partial charge in [0, 0.05) is 25.5 Å². The van der Waals surface area contributed by atoms with Gasteiger partial charge in [-0.15, -0.1) is 0 Å². The predicted molar refractivity (Wildman–Crippen MR) is 170 cm³/mol. The molecule has 8 nitrogen and oxygen atoms in total. The van der Waals surface area contributed by atoms with Gasteiger partial charge in [0.25, 0.3) is 0 Å². The van der Waals surface area contributed by atoms with E-state index in [1.54, 1.807) is 6.92 Å². The maximum Gasteiger partial charge on any atom is 0.312 e. The number of hydrogen-bond acceptors (Lipinski definition) is 7. The van der Waals surface area contributed by atoms with Crippen LogP contribution in [0.3, 0.4) is 0 Å². The first-order chi connectivity index (χ1) is 21.1. The molecule has 0 amide bonds. The zero-order valence-electron chi connectivity index (χ0n) is 28.5. The van der Waals surface area contributed by atoms with Crippen LogP contribution in [0.2, 0.25) is 0 Å². The molecule has 0 aromatic carbocycles. The number of carbonyl (C=O) groups is 3. The normalized spacial score (nSPS) is 43.2. The number of aromatic nitrogens is 2. The molecule has 1 aromatic rings. The minimum absolute atomic E-state index is 0.0312. The second-order valence-corrected chi connectivity index (χ2v) is 16.5. The van der Waals surface area contributed by atoms with Crippen molar-refractivity contribution in [3.05, 3.63) is 29.6 Å². The van der Waals surface area contributed by atoms with Gasteiger partial charge in [0.15, 0.2) is 0 Å². The van der Waals surface area contributed by atoms with Crippen molar-refractivity contribution >= 4 is 17.8 Å². The third-order valence-corrected chi connectivity index (χ3v) is 14.6. The van der Waals surface area contributed by atoms with Gasteiger partial charge >= 0.3 is 11.9 Å². The molecule has 8 heteroatoms. The molecule has 248 valence electrons. The Morgan fingerprint density at radius 2 is 1.69 bits per heavy atom. The average Bonchev–Trinajstić information content (AvgIpc) is 3.58. The molecule has 1 heterocycles. The highest BCUT2D eigenvalue weighted by Gasteiger charge is 2.72. The van der Waals surface area contributed by atoms with Crippen molar-refractivity contribution in [2.24, 2.45) is 51.2 Å². The van der Waals surface area contributed by atoms with Crippen LogP contribution in [0, 0.1) is 51.2 Å². The molecule has 4 fully saturated rings. The van der Waals surface area contributed by atoms with Gasteiger partial charge in [-0.1, -0.05) is 39.8 Å². The first-order valence-corrected chi connectivity index (χ1v) is 17.3. The molecule has 45 heavy (non-hydrogen) atoms. The Morgan fingerprint density at radius 1 is 0.956 bits per heavy atom. The van der Waals surface area contributed by atoms with E-state index in [0.29, 0.717) is 17.8 Å². The van der Waals surface area contributed by atoms with Crippen LogP contribution >= 0.6 is 0 Å². The van der Waals surface area contributed by atoms with Gasteiger partial charge in [-0.25, -0.2) is 4.68 Å². The largest absolute Gasteiger partial charge is 0.465 e. The second kappa shape index (κ2) is 10.8. The molecule has 4 saturated carbocycles. The average molecular weight is 623 g/mol. The lowest BCUT2D eigenvalue weighted by Crippen LogP contribution is -2.67. The molecular formula is C37H54N2O6. The number of ether oxygens (including phenoxy) is 2. The Bertz CT molecular complexity index is 1420. The fourth-order valence-corrected chi connectivity index (χ4v) is 12.6. The van der Waals surface area contributed by atoms with Crippen molar-refractivity contribution in [2.75, 3.05) is 19.8 Å². The van der Waals surface area contributed by atoms with Gasteiger partial charge in [0.05, 0.1) is 17.7 Å². The summed E-state index contributed by atoms with van der Waals surface area (Å²) in [4.78, 5) is 38.4. The molecule has 0 unspecified atom stereocenters. The highest BCUT2D eigenvalue weighted by Crippen LogP contribution is 2.77. The molecule has 1 aromatic heterocycles. The summed E-state index contributed by atoms with van der Waals surface area (Å²) >= 11 is 0. The number of fused-ring (bicyclic) bond motifs is 8. The minimum atomic E-state index is -0.503. The van der Waals surface area contributed by atoms with E-state index < -0.39 is 10.8 Å². The number of hydrogen-bond donors (Lipinski definition) is 1. The molecule has 5 aliphatic carbocycles. The smallest absolute Gasteiger partial charge is 0.312 e. The zero-order valence-corrected chi connectivity index (χ0v) is 28.5. The lowest BCUT2D eigenvalue weighted by molar-refractivity contribution is -0.231. The fraction of sp³-hybridized carbons (Fsp3) is 0.784.